The normalized spacial score (nSPS) is 15.8. The van der Waals surface area contributed by atoms with Crippen LogP contribution in [-0.2, 0) is 0 Å². The van der Waals surface area contributed by atoms with E-state index in [-0.39, 0.29) is 11.3 Å². The van der Waals surface area contributed by atoms with Crippen molar-refractivity contribution in [2.45, 2.75) is 6.92 Å². The third kappa shape index (κ3) is 3.23. The van der Waals surface area contributed by atoms with E-state index in [0.717, 1.165) is 22.5 Å². The zero-order valence-corrected chi connectivity index (χ0v) is 12.6. The third-order valence-corrected chi connectivity index (χ3v) is 3.70. The average Bonchev–Trinajstić information content (AvgIpc) is 2.91. The number of aromatic carboxylic acids is 1. The van der Waals surface area contributed by atoms with Gasteiger partial charge in [-0.2, -0.15) is 5.10 Å². The Hall–Kier alpha value is -3.08. The molecular weight excluding hydrogens is 292 g/mol. The molecule has 0 amide bonds. The molecule has 2 N–H and O–H groups in total. The van der Waals surface area contributed by atoms with Gasteiger partial charge in [0.05, 0.1) is 23.5 Å². The van der Waals surface area contributed by atoms with Gasteiger partial charge in [-0.05, 0) is 60.5 Å². The van der Waals surface area contributed by atoms with Crippen molar-refractivity contribution in [3.63, 3.8) is 0 Å². The first-order valence-corrected chi connectivity index (χ1v) is 7.19. The molecule has 0 aromatic heterocycles. The van der Waals surface area contributed by atoms with Gasteiger partial charge < -0.3 is 10.2 Å². The van der Waals surface area contributed by atoms with Crippen molar-refractivity contribution in [1.29, 1.82) is 0 Å². The molecular formula is C18H16N2O3. The molecule has 0 aliphatic carbocycles. The summed E-state index contributed by atoms with van der Waals surface area (Å²) in [6.45, 7) is 2.57. The maximum absolute atomic E-state index is 10.9. The Morgan fingerprint density at radius 2 is 1.78 bits per heavy atom. The first-order valence-electron chi connectivity index (χ1n) is 7.19. The fraction of sp³-hybridized carbons (Fsp3) is 0.111. The van der Waals surface area contributed by atoms with Gasteiger partial charge in [-0.3, -0.25) is 5.01 Å². The summed E-state index contributed by atoms with van der Waals surface area (Å²) in [5, 5.41) is 24.6. The predicted molar refractivity (Wildman–Crippen MR) is 89.9 cm³/mol. The summed E-state index contributed by atoms with van der Waals surface area (Å²) < 4.78 is 0. The van der Waals surface area contributed by atoms with Gasteiger partial charge in [0.2, 0.25) is 0 Å². The number of hydrogen-bond donors (Lipinski definition) is 2. The van der Waals surface area contributed by atoms with Crippen molar-refractivity contribution in [2.75, 3.05) is 11.6 Å². The van der Waals surface area contributed by atoms with E-state index in [9.17, 15) is 9.90 Å². The van der Waals surface area contributed by atoms with Crippen molar-refractivity contribution in [3.05, 3.63) is 65.2 Å². The zero-order valence-electron chi connectivity index (χ0n) is 12.6. The lowest BCUT2D eigenvalue weighted by atomic mass is 10.1. The van der Waals surface area contributed by atoms with Crippen LogP contribution >= 0.6 is 0 Å². The highest BCUT2D eigenvalue weighted by Gasteiger charge is 2.18. The number of rotatable bonds is 3. The lowest BCUT2D eigenvalue weighted by Crippen LogP contribution is -2.13. The number of carbonyl (C=O) groups is 1. The Morgan fingerprint density at radius 1 is 1.13 bits per heavy atom. The van der Waals surface area contributed by atoms with Crippen LogP contribution in [0.4, 0.5) is 5.69 Å². The molecule has 2 aromatic rings. The standard InChI is InChI=1S/C18H16N2O3/c1-12-15(10-13-2-8-17(21)9-3-13)11-20(19-12)16-6-4-14(5-7-16)18(22)23/h2-10,21H,11H2,1H3,(H,22,23). The first kappa shape index (κ1) is 14.8. The second-order valence-electron chi connectivity index (χ2n) is 5.36. The predicted octanol–water partition coefficient (Wildman–Crippen LogP) is 3.37. The van der Waals surface area contributed by atoms with Crippen LogP contribution in [0.3, 0.4) is 0 Å². The second kappa shape index (κ2) is 5.96. The molecule has 5 heteroatoms. The second-order valence-corrected chi connectivity index (χ2v) is 5.36. The van der Waals surface area contributed by atoms with E-state index in [4.69, 9.17) is 5.11 Å². The van der Waals surface area contributed by atoms with Crippen LogP contribution in [0.15, 0.2) is 59.2 Å². The summed E-state index contributed by atoms with van der Waals surface area (Å²) in [6.07, 6.45) is 2.03. The summed E-state index contributed by atoms with van der Waals surface area (Å²) in [5.41, 5.74) is 4.10. The van der Waals surface area contributed by atoms with Crippen molar-refractivity contribution in [1.82, 2.24) is 0 Å². The van der Waals surface area contributed by atoms with Crippen LogP contribution in [0.25, 0.3) is 6.08 Å². The Morgan fingerprint density at radius 3 is 2.39 bits per heavy atom. The molecule has 116 valence electrons. The molecule has 2 aromatic carbocycles. The van der Waals surface area contributed by atoms with Gasteiger partial charge in [0.1, 0.15) is 5.75 Å². The lowest BCUT2D eigenvalue weighted by Gasteiger charge is -2.13. The molecule has 0 unspecified atom stereocenters. The molecule has 23 heavy (non-hydrogen) atoms. The van der Waals surface area contributed by atoms with E-state index in [2.05, 4.69) is 5.10 Å². The molecule has 0 atom stereocenters. The van der Waals surface area contributed by atoms with Crippen LogP contribution in [0.5, 0.6) is 5.75 Å². The van der Waals surface area contributed by atoms with Gasteiger partial charge in [0.25, 0.3) is 0 Å². The number of hydrogen-bond acceptors (Lipinski definition) is 4. The number of carboxylic acids is 1. The molecule has 5 nitrogen and oxygen atoms in total. The topological polar surface area (TPSA) is 73.1 Å². The molecule has 0 spiro atoms. The maximum atomic E-state index is 10.9. The minimum atomic E-state index is -0.939. The number of benzene rings is 2. The van der Waals surface area contributed by atoms with Crippen molar-refractivity contribution in [3.8, 4) is 5.75 Å². The van der Waals surface area contributed by atoms with Gasteiger partial charge >= 0.3 is 5.97 Å². The molecule has 0 radical (unpaired) electrons. The van der Waals surface area contributed by atoms with E-state index in [1.165, 1.54) is 0 Å². The van der Waals surface area contributed by atoms with E-state index in [1.54, 1.807) is 36.4 Å². The highest BCUT2D eigenvalue weighted by Crippen LogP contribution is 2.24. The lowest BCUT2D eigenvalue weighted by molar-refractivity contribution is 0.0697. The van der Waals surface area contributed by atoms with Gasteiger partial charge in [0.15, 0.2) is 0 Å². The SMILES string of the molecule is CC1=NN(c2ccc(C(=O)O)cc2)CC1=Cc1ccc(O)cc1. The summed E-state index contributed by atoms with van der Waals surface area (Å²) in [5.74, 6) is -0.699. The molecule has 0 saturated heterocycles. The Bertz CT molecular complexity index is 790. The summed E-state index contributed by atoms with van der Waals surface area (Å²) in [4.78, 5) is 10.9. The smallest absolute Gasteiger partial charge is 0.335 e. The monoisotopic (exact) mass is 308 g/mol. The molecule has 1 aliphatic rings. The largest absolute Gasteiger partial charge is 0.508 e. The first-order chi connectivity index (χ1) is 11.0. The Balaban J connectivity index is 1.80. The van der Waals surface area contributed by atoms with E-state index in [0.29, 0.717) is 6.54 Å². The van der Waals surface area contributed by atoms with Crippen LogP contribution in [0.1, 0.15) is 22.8 Å². The van der Waals surface area contributed by atoms with Crippen molar-refractivity contribution >= 4 is 23.4 Å². The quantitative estimate of drug-likeness (QED) is 0.912. The van der Waals surface area contributed by atoms with Gasteiger partial charge in [-0.15, -0.1) is 0 Å². The van der Waals surface area contributed by atoms with E-state index < -0.39 is 5.97 Å². The van der Waals surface area contributed by atoms with Gasteiger partial charge in [-0.1, -0.05) is 12.1 Å². The van der Waals surface area contributed by atoms with Crippen LogP contribution in [-0.4, -0.2) is 28.4 Å². The molecule has 1 aliphatic heterocycles. The number of carboxylic acid groups (broad SMARTS) is 1. The number of hydrazone groups is 1. The fourth-order valence-electron chi connectivity index (χ4n) is 2.40. The number of nitrogens with zero attached hydrogens (tertiary/aromatic N) is 2. The van der Waals surface area contributed by atoms with Crippen molar-refractivity contribution in [2.24, 2.45) is 5.10 Å². The van der Waals surface area contributed by atoms with Gasteiger partial charge in [0, 0.05) is 0 Å². The van der Waals surface area contributed by atoms with Crippen LogP contribution in [0, 0.1) is 0 Å². The number of phenols is 1. The van der Waals surface area contributed by atoms with Crippen molar-refractivity contribution < 1.29 is 15.0 Å². The minimum absolute atomic E-state index is 0.240. The highest BCUT2D eigenvalue weighted by atomic mass is 16.4. The minimum Gasteiger partial charge on any atom is -0.508 e. The maximum Gasteiger partial charge on any atom is 0.335 e. The summed E-state index contributed by atoms with van der Waals surface area (Å²) in [6, 6.07) is 13.6. The van der Waals surface area contributed by atoms with Crippen LogP contribution < -0.4 is 5.01 Å². The third-order valence-electron chi connectivity index (χ3n) is 3.70. The van der Waals surface area contributed by atoms with Crippen LogP contribution in [0.2, 0.25) is 0 Å². The summed E-state index contributed by atoms with van der Waals surface area (Å²) in [7, 11) is 0. The zero-order chi connectivity index (χ0) is 16.4. The highest BCUT2D eigenvalue weighted by molar-refractivity contribution is 6.05. The summed E-state index contributed by atoms with van der Waals surface area (Å²) >= 11 is 0. The molecule has 0 saturated carbocycles. The Kier molecular flexibility index (Phi) is 3.85. The van der Waals surface area contributed by atoms with Gasteiger partial charge in [-0.25, -0.2) is 4.79 Å². The number of anilines is 1. The number of phenolic OH excluding ortho intramolecular Hbond substituents is 1. The van der Waals surface area contributed by atoms with E-state index >= 15 is 0 Å². The molecule has 0 fully saturated rings. The Labute approximate surface area is 133 Å². The van der Waals surface area contributed by atoms with E-state index in [1.807, 2.05) is 30.1 Å². The average molecular weight is 308 g/mol. The number of aromatic hydroxyl groups is 1. The molecule has 3 rings (SSSR count). The fourth-order valence-corrected chi connectivity index (χ4v) is 2.40. The molecule has 0 bridgehead atoms. The molecule has 1 heterocycles.